The molecule has 0 bridgehead atoms. The van der Waals surface area contributed by atoms with Gasteiger partial charge in [-0.3, -0.25) is 0 Å². The zero-order chi connectivity index (χ0) is 12.9. The number of nitrogens with zero attached hydrogens (tertiary/aromatic N) is 2. The van der Waals surface area contributed by atoms with Gasteiger partial charge in [0.15, 0.2) is 0 Å². The zero-order valence-corrected chi connectivity index (χ0v) is 9.94. The van der Waals surface area contributed by atoms with Crippen molar-refractivity contribution in [2.45, 2.75) is 38.8 Å². The van der Waals surface area contributed by atoms with Gasteiger partial charge in [0.1, 0.15) is 5.54 Å². The summed E-state index contributed by atoms with van der Waals surface area (Å²) < 4.78 is 0. The molecule has 1 atom stereocenters. The molecule has 0 saturated carbocycles. The minimum atomic E-state index is -1.32. The molecular formula is C10H17N3O3. The second-order valence-corrected chi connectivity index (χ2v) is 4.18. The Morgan fingerprint density at radius 1 is 1.56 bits per heavy atom. The van der Waals surface area contributed by atoms with Crippen molar-refractivity contribution in [3.8, 4) is 6.07 Å². The molecule has 0 saturated heterocycles. The summed E-state index contributed by atoms with van der Waals surface area (Å²) in [6.07, 6.45) is 0.206. The smallest absolute Gasteiger partial charge is 0.328 e. The van der Waals surface area contributed by atoms with E-state index in [0.717, 1.165) is 0 Å². The summed E-state index contributed by atoms with van der Waals surface area (Å²) in [6.45, 7) is 4.52. The van der Waals surface area contributed by atoms with Gasteiger partial charge in [0, 0.05) is 13.1 Å². The highest BCUT2D eigenvalue weighted by molar-refractivity contribution is 5.85. The molecule has 0 aliphatic rings. The first-order chi connectivity index (χ1) is 7.22. The largest absolute Gasteiger partial charge is 0.480 e. The second kappa shape index (κ2) is 5.35. The average Bonchev–Trinajstić information content (AvgIpc) is 2.15. The molecule has 16 heavy (non-hydrogen) atoms. The summed E-state index contributed by atoms with van der Waals surface area (Å²) in [6, 6.07) is 1.19. The first kappa shape index (κ1) is 14.2. The van der Waals surface area contributed by atoms with E-state index >= 15 is 0 Å². The van der Waals surface area contributed by atoms with Gasteiger partial charge in [0.25, 0.3) is 0 Å². The molecule has 0 radical (unpaired) electrons. The Morgan fingerprint density at radius 2 is 2.06 bits per heavy atom. The molecule has 2 amide bonds. The van der Waals surface area contributed by atoms with E-state index in [1.807, 2.05) is 6.07 Å². The SMILES string of the molecule is CC(CC#N)N(C)C(=O)NC(C)(C)C(=O)O. The van der Waals surface area contributed by atoms with E-state index < -0.39 is 17.5 Å². The number of hydrogen-bond acceptors (Lipinski definition) is 3. The lowest BCUT2D eigenvalue weighted by atomic mass is 10.1. The van der Waals surface area contributed by atoms with Crippen molar-refractivity contribution in [3.05, 3.63) is 0 Å². The van der Waals surface area contributed by atoms with Crippen LogP contribution >= 0.6 is 0 Å². The third kappa shape index (κ3) is 3.77. The lowest BCUT2D eigenvalue weighted by Crippen LogP contribution is -2.54. The molecule has 0 aromatic carbocycles. The quantitative estimate of drug-likeness (QED) is 0.742. The molecule has 0 aromatic heterocycles. The molecule has 0 fully saturated rings. The molecule has 1 unspecified atom stereocenters. The normalized spacial score (nSPS) is 12.4. The first-order valence-corrected chi connectivity index (χ1v) is 4.87. The van der Waals surface area contributed by atoms with Crippen LogP contribution in [0.25, 0.3) is 0 Å². The van der Waals surface area contributed by atoms with E-state index in [2.05, 4.69) is 5.32 Å². The number of carboxylic acid groups (broad SMARTS) is 1. The van der Waals surface area contributed by atoms with Crippen LogP contribution in [0.4, 0.5) is 4.79 Å². The minimum Gasteiger partial charge on any atom is -0.480 e. The molecule has 0 spiro atoms. The van der Waals surface area contributed by atoms with Gasteiger partial charge in [-0.1, -0.05) is 0 Å². The monoisotopic (exact) mass is 227 g/mol. The highest BCUT2D eigenvalue weighted by atomic mass is 16.4. The van der Waals surface area contributed by atoms with Crippen LogP contribution in [-0.4, -0.2) is 40.6 Å². The van der Waals surface area contributed by atoms with E-state index in [9.17, 15) is 9.59 Å². The molecule has 90 valence electrons. The number of rotatable bonds is 4. The van der Waals surface area contributed by atoms with Crippen molar-refractivity contribution in [1.29, 1.82) is 5.26 Å². The second-order valence-electron chi connectivity index (χ2n) is 4.18. The Morgan fingerprint density at radius 3 is 2.44 bits per heavy atom. The van der Waals surface area contributed by atoms with E-state index in [0.29, 0.717) is 0 Å². The van der Waals surface area contributed by atoms with Crippen LogP contribution in [0.5, 0.6) is 0 Å². The third-order valence-corrected chi connectivity index (χ3v) is 2.32. The van der Waals surface area contributed by atoms with Gasteiger partial charge >= 0.3 is 12.0 Å². The summed E-state index contributed by atoms with van der Waals surface area (Å²) >= 11 is 0. The first-order valence-electron chi connectivity index (χ1n) is 4.87. The van der Waals surface area contributed by atoms with Crippen LogP contribution in [0.3, 0.4) is 0 Å². The van der Waals surface area contributed by atoms with Crippen LogP contribution in [-0.2, 0) is 4.79 Å². The van der Waals surface area contributed by atoms with E-state index in [4.69, 9.17) is 10.4 Å². The van der Waals surface area contributed by atoms with Gasteiger partial charge in [0.2, 0.25) is 0 Å². The van der Waals surface area contributed by atoms with Crippen molar-refractivity contribution in [2.24, 2.45) is 0 Å². The number of carbonyl (C=O) groups excluding carboxylic acids is 1. The fraction of sp³-hybridized carbons (Fsp3) is 0.700. The van der Waals surface area contributed by atoms with E-state index in [-0.39, 0.29) is 12.5 Å². The summed E-state index contributed by atoms with van der Waals surface area (Å²) in [5.74, 6) is -1.11. The van der Waals surface area contributed by atoms with Crippen molar-refractivity contribution in [1.82, 2.24) is 10.2 Å². The fourth-order valence-electron chi connectivity index (χ4n) is 0.878. The molecule has 0 aromatic rings. The van der Waals surface area contributed by atoms with Gasteiger partial charge in [-0.2, -0.15) is 5.26 Å². The topological polar surface area (TPSA) is 93.4 Å². The Bertz CT molecular complexity index is 320. The fourth-order valence-corrected chi connectivity index (χ4v) is 0.878. The van der Waals surface area contributed by atoms with E-state index in [1.165, 1.54) is 25.8 Å². The molecule has 6 nitrogen and oxygen atoms in total. The number of nitrogens with one attached hydrogen (secondary N) is 1. The van der Waals surface area contributed by atoms with Gasteiger partial charge in [0.05, 0.1) is 12.5 Å². The lowest BCUT2D eigenvalue weighted by molar-refractivity contribution is -0.143. The molecule has 0 rings (SSSR count). The predicted molar refractivity (Wildman–Crippen MR) is 57.7 cm³/mol. The van der Waals surface area contributed by atoms with Crippen molar-refractivity contribution in [3.63, 3.8) is 0 Å². The standard InChI is InChI=1S/C10H17N3O3/c1-7(5-6-11)13(4)9(16)12-10(2,3)8(14)15/h7H,5H2,1-4H3,(H,12,16)(H,14,15). The number of aliphatic carboxylic acids is 1. The Kier molecular flexibility index (Phi) is 4.76. The van der Waals surface area contributed by atoms with Gasteiger partial charge in [-0.15, -0.1) is 0 Å². The van der Waals surface area contributed by atoms with Gasteiger partial charge in [-0.05, 0) is 20.8 Å². The molecule has 0 aliphatic carbocycles. The van der Waals surface area contributed by atoms with E-state index in [1.54, 1.807) is 6.92 Å². The van der Waals surface area contributed by atoms with Gasteiger partial charge < -0.3 is 15.3 Å². The Balaban J connectivity index is 4.48. The Hall–Kier alpha value is -1.77. The maximum absolute atomic E-state index is 11.6. The minimum absolute atomic E-state index is 0.206. The highest BCUT2D eigenvalue weighted by Crippen LogP contribution is 2.06. The predicted octanol–water partition coefficient (Wildman–Crippen LogP) is 0.793. The van der Waals surface area contributed by atoms with Crippen LogP contribution < -0.4 is 5.32 Å². The Labute approximate surface area is 94.8 Å². The average molecular weight is 227 g/mol. The van der Waals surface area contributed by atoms with Crippen molar-refractivity contribution >= 4 is 12.0 Å². The number of hydrogen-bond donors (Lipinski definition) is 2. The summed E-state index contributed by atoms with van der Waals surface area (Å²) in [5, 5.41) is 19.7. The molecule has 6 heteroatoms. The number of carbonyl (C=O) groups is 2. The number of amides is 2. The third-order valence-electron chi connectivity index (χ3n) is 2.32. The highest BCUT2D eigenvalue weighted by Gasteiger charge is 2.30. The maximum atomic E-state index is 11.6. The number of carboxylic acids is 1. The zero-order valence-electron chi connectivity index (χ0n) is 9.94. The molecule has 0 aliphatic heterocycles. The molecule has 2 N–H and O–H groups in total. The van der Waals surface area contributed by atoms with Gasteiger partial charge in [-0.25, -0.2) is 9.59 Å². The van der Waals surface area contributed by atoms with Crippen molar-refractivity contribution < 1.29 is 14.7 Å². The lowest BCUT2D eigenvalue weighted by Gasteiger charge is -2.28. The van der Waals surface area contributed by atoms with Crippen LogP contribution in [0.1, 0.15) is 27.2 Å². The molecule has 0 heterocycles. The number of nitriles is 1. The van der Waals surface area contributed by atoms with Crippen LogP contribution in [0, 0.1) is 11.3 Å². The maximum Gasteiger partial charge on any atom is 0.328 e. The number of urea groups is 1. The van der Waals surface area contributed by atoms with Crippen LogP contribution in [0.2, 0.25) is 0 Å². The van der Waals surface area contributed by atoms with Crippen LogP contribution in [0.15, 0.2) is 0 Å². The summed E-state index contributed by atoms with van der Waals surface area (Å²) in [5.41, 5.74) is -1.32. The summed E-state index contributed by atoms with van der Waals surface area (Å²) in [7, 11) is 1.52. The molecular weight excluding hydrogens is 210 g/mol. The summed E-state index contributed by atoms with van der Waals surface area (Å²) in [4.78, 5) is 23.7. The van der Waals surface area contributed by atoms with Crippen molar-refractivity contribution in [2.75, 3.05) is 7.05 Å².